The molecule has 0 aliphatic heterocycles. The van der Waals surface area contributed by atoms with E-state index in [9.17, 15) is 13.5 Å². The fourth-order valence-corrected chi connectivity index (χ4v) is 2.41. The van der Waals surface area contributed by atoms with Gasteiger partial charge in [0.2, 0.25) is 15.3 Å². The Labute approximate surface area is 111 Å². The molecule has 1 heterocycles. The molecule has 0 fully saturated rings. The molecular formula is C10H16ClN3O3S. The molecule has 1 rings (SSSR count). The van der Waals surface area contributed by atoms with E-state index >= 15 is 0 Å². The van der Waals surface area contributed by atoms with Gasteiger partial charge < -0.3 is 5.11 Å². The number of sulfonamides is 1. The molecule has 0 saturated carbocycles. The second kappa shape index (κ2) is 6.42. The van der Waals surface area contributed by atoms with Gasteiger partial charge in [-0.2, -0.15) is 0 Å². The lowest BCUT2D eigenvalue weighted by molar-refractivity contribution is 0.152. The zero-order chi connectivity index (χ0) is 13.8. The van der Waals surface area contributed by atoms with Crippen LogP contribution in [0.2, 0.25) is 5.28 Å². The first-order valence-electron chi connectivity index (χ1n) is 5.46. The zero-order valence-electron chi connectivity index (χ0n) is 10.2. The molecule has 0 aliphatic carbocycles. The summed E-state index contributed by atoms with van der Waals surface area (Å²) in [5, 5.41) is 9.57. The van der Waals surface area contributed by atoms with E-state index < -0.39 is 16.1 Å². The highest BCUT2D eigenvalue weighted by Gasteiger charge is 2.17. The summed E-state index contributed by atoms with van der Waals surface area (Å²) in [7, 11) is -3.70. The van der Waals surface area contributed by atoms with Crippen LogP contribution in [0.1, 0.15) is 20.3 Å². The topological polar surface area (TPSA) is 92.2 Å². The lowest BCUT2D eigenvalue weighted by Crippen LogP contribution is -2.33. The van der Waals surface area contributed by atoms with Crippen LogP contribution in [0.3, 0.4) is 0 Å². The third kappa shape index (κ3) is 4.85. The van der Waals surface area contributed by atoms with Gasteiger partial charge in [-0.05, 0) is 23.9 Å². The highest BCUT2D eigenvalue weighted by molar-refractivity contribution is 7.89. The summed E-state index contributed by atoms with van der Waals surface area (Å²) in [6.07, 6.45) is 2.05. The SMILES string of the molecule is CC(C)CC(O)CNS(=O)(=O)c1cnc(Cl)nc1. The Bertz CT molecular complexity index is 476. The number of halogens is 1. The van der Waals surface area contributed by atoms with Crippen LogP contribution in [0, 0.1) is 5.92 Å². The Morgan fingerprint density at radius 2 is 1.94 bits per heavy atom. The van der Waals surface area contributed by atoms with E-state index in [2.05, 4.69) is 14.7 Å². The van der Waals surface area contributed by atoms with E-state index in [4.69, 9.17) is 11.6 Å². The first-order chi connectivity index (χ1) is 8.31. The van der Waals surface area contributed by atoms with Crippen molar-refractivity contribution in [3.8, 4) is 0 Å². The fourth-order valence-electron chi connectivity index (χ4n) is 1.36. The van der Waals surface area contributed by atoms with E-state index in [1.54, 1.807) is 0 Å². The number of hydrogen-bond acceptors (Lipinski definition) is 5. The van der Waals surface area contributed by atoms with Crippen molar-refractivity contribution in [2.24, 2.45) is 5.92 Å². The number of nitrogens with zero attached hydrogens (tertiary/aromatic N) is 2. The average molecular weight is 294 g/mol. The maximum absolute atomic E-state index is 11.8. The van der Waals surface area contributed by atoms with Gasteiger partial charge in [0, 0.05) is 6.54 Å². The predicted molar refractivity (Wildman–Crippen MR) is 67.7 cm³/mol. The quantitative estimate of drug-likeness (QED) is 0.758. The van der Waals surface area contributed by atoms with Crippen LogP contribution in [-0.2, 0) is 10.0 Å². The van der Waals surface area contributed by atoms with Gasteiger partial charge in [0.15, 0.2) is 0 Å². The van der Waals surface area contributed by atoms with Gasteiger partial charge in [-0.15, -0.1) is 0 Å². The summed E-state index contributed by atoms with van der Waals surface area (Å²) in [5.74, 6) is 0.295. The number of aromatic nitrogens is 2. The van der Waals surface area contributed by atoms with E-state index in [0.717, 1.165) is 12.4 Å². The molecule has 102 valence electrons. The summed E-state index contributed by atoms with van der Waals surface area (Å²) in [6.45, 7) is 3.86. The molecule has 0 amide bonds. The van der Waals surface area contributed by atoms with Crippen molar-refractivity contribution in [1.29, 1.82) is 0 Å². The van der Waals surface area contributed by atoms with Crippen molar-refractivity contribution in [3.05, 3.63) is 17.7 Å². The van der Waals surface area contributed by atoms with Crippen molar-refractivity contribution < 1.29 is 13.5 Å². The normalized spacial score (nSPS) is 13.8. The first kappa shape index (κ1) is 15.3. The van der Waals surface area contributed by atoms with E-state index in [0.29, 0.717) is 12.3 Å². The van der Waals surface area contributed by atoms with E-state index in [1.165, 1.54) is 0 Å². The fraction of sp³-hybridized carbons (Fsp3) is 0.600. The van der Waals surface area contributed by atoms with Crippen LogP contribution in [0.25, 0.3) is 0 Å². The monoisotopic (exact) mass is 293 g/mol. The summed E-state index contributed by atoms with van der Waals surface area (Å²) in [4.78, 5) is 7.11. The number of nitrogens with one attached hydrogen (secondary N) is 1. The standard InChI is InChI=1S/C10H16ClN3O3S/c1-7(2)3-8(15)4-14-18(16,17)9-5-12-10(11)13-6-9/h5-8,14-15H,3-4H2,1-2H3. The molecule has 6 nitrogen and oxygen atoms in total. The molecule has 1 aromatic rings. The maximum atomic E-state index is 11.8. The van der Waals surface area contributed by atoms with Crippen LogP contribution in [0.4, 0.5) is 0 Å². The number of rotatable bonds is 6. The molecule has 2 N–H and O–H groups in total. The Morgan fingerprint density at radius 3 is 2.44 bits per heavy atom. The van der Waals surface area contributed by atoms with Crippen molar-refractivity contribution in [2.45, 2.75) is 31.3 Å². The Kier molecular flexibility index (Phi) is 5.46. The molecule has 0 aromatic carbocycles. The number of hydrogen-bond donors (Lipinski definition) is 2. The smallest absolute Gasteiger partial charge is 0.243 e. The second-order valence-electron chi connectivity index (χ2n) is 4.32. The van der Waals surface area contributed by atoms with Gasteiger partial charge >= 0.3 is 0 Å². The van der Waals surface area contributed by atoms with Crippen molar-refractivity contribution in [1.82, 2.24) is 14.7 Å². The van der Waals surface area contributed by atoms with Crippen LogP contribution in [0.15, 0.2) is 17.3 Å². The van der Waals surface area contributed by atoms with Gasteiger partial charge in [-0.1, -0.05) is 13.8 Å². The molecule has 1 aromatic heterocycles. The van der Waals surface area contributed by atoms with Crippen molar-refractivity contribution >= 4 is 21.6 Å². The predicted octanol–water partition coefficient (Wildman–Crippen LogP) is 0.815. The minimum absolute atomic E-state index is 0.0196. The first-order valence-corrected chi connectivity index (χ1v) is 7.32. The third-order valence-electron chi connectivity index (χ3n) is 2.16. The Balaban J connectivity index is 2.63. The van der Waals surface area contributed by atoms with Crippen molar-refractivity contribution in [3.63, 3.8) is 0 Å². The molecule has 8 heteroatoms. The van der Waals surface area contributed by atoms with Gasteiger partial charge in [-0.3, -0.25) is 0 Å². The Hall–Kier alpha value is -0.760. The van der Waals surface area contributed by atoms with Crippen LogP contribution in [0.5, 0.6) is 0 Å². The minimum Gasteiger partial charge on any atom is -0.392 e. The van der Waals surface area contributed by atoms with Gasteiger partial charge in [0.05, 0.1) is 18.5 Å². The largest absolute Gasteiger partial charge is 0.392 e. The number of aliphatic hydroxyl groups is 1. The zero-order valence-corrected chi connectivity index (χ0v) is 11.7. The molecule has 18 heavy (non-hydrogen) atoms. The Morgan fingerprint density at radius 1 is 1.39 bits per heavy atom. The number of aliphatic hydroxyl groups excluding tert-OH is 1. The summed E-state index contributed by atoms with van der Waals surface area (Å²) >= 11 is 5.47. The molecule has 1 unspecified atom stereocenters. The van der Waals surface area contributed by atoms with Gasteiger partial charge in [0.25, 0.3) is 0 Å². The summed E-state index contributed by atoms with van der Waals surface area (Å²) in [5.41, 5.74) is 0. The minimum atomic E-state index is -3.70. The highest BCUT2D eigenvalue weighted by Crippen LogP contribution is 2.08. The van der Waals surface area contributed by atoms with Crippen molar-refractivity contribution in [2.75, 3.05) is 6.54 Å². The third-order valence-corrected chi connectivity index (χ3v) is 3.73. The molecule has 0 aliphatic rings. The van der Waals surface area contributed by atoms with Gasteiger partial charge in [0.1, 0.15) is 4.90 Å². The molecular weight excluding hydrogens is 278 g/mol. The summed E-state index contributed by atoms with van der Waals surface area (Å²) in [6, 6.07) is 0. The molecule has 0 spiro atoms. The average Bonchev–Trinajstić information content (AvgIpc) is 2.26. The maximum Gasteiger partial charge on any atom is 0.243 e. The highest BCUT2D eigenvalue weighted by atomic mass is 35.5. The molecule has 0 bridgehead atoms. The molecule has 0 saturated heterocycles. The molecule has 0 radical (unpaired) electrons. The van der Waals surface area contributed by atoms with Gasteiger partial charge in [-0.25, -0.2) is 23.1 Å². The molecule has 1 atom stereocenters. The van der Waals surface area contributed by atoms with E-state index in [-0.39, 0.29) is 16.7 Å². The van der Waals surface area contributed by atoms with Crippen LogP contribution >= 0.6 is 11.6 Å². The lowest BCUT2D eigenvalue weighted by Gasteiger charge is -2.13. The lowest BCUT2D eigenvalue weighted by atomic mass is 10.1. The second-order valence-corrected chi connectivity index (χ2v) is 6.43. The van der Waals surface area contributed by atoms with Crippen LogP contribution < -0.4 is 4.72 Å². The van der Waals surface area contributed by atoms with E-state index in [1.807, 2.05) is 13.8 Å². The summed E-state index contributed by atoms with van der Waals surface area (Å²) < 4.78 is 25.9. The van der Waals surface area contributed by atoms with Crippen LogP contribution in [-0.4, -0.2) is 36.1 Å².